The van der Waals surface area contributed by atoms with Crippen molar-refractivity contribution in [2.75, 3.05) is 53.4 Å². The molecule has 14 heavy (non-hydrogen) atoms. The van der Waals surface area contributed by atoms with Gasteiger partial charge in [0.2, 0.25) is 0 Å². The Morgan fingerprint density at radius 3 is 2.36 bits per heavy atom. The van der Waals surface area contributed by atoms with Gasteiger partial charge in [0.05, 0.1) is 0 Å². The Labute approximate surface area is 86.5 Å². The van der Waals surface area contributed by atoms with Crippen molar-refractivity contribution in [3.63, 3.8) is 0 Å². The molecule has 1 aliphatic rings. The third kappa shape index (κ3) is 4.07. The fourth-order valence-corrected chi connectivity index (χ4v) is 1.67. The van der Waals surface area contributed by atoms with Gasteiger partial charge in [-0.2, -0.15) is 0 Å². The predicted octanol–water partition coefficient (Wildman–Crippen LogP) is -0.377. The molecule has 1 amide bonds. The topological polar surface area (TPSA) is 26.8 Å². The first-order valence-corrected chi connectivity index (χ1v) is 5.22. The number of carbonyl (C=O) groups excluding carboxylic acids is 1. The van der Waals surface area contributed by atoms with Crippen LogP contribution in [0.1, 0.15) is 6.42 Å². The van der Waals surface area contributed by atoms with Gasteiger partial charge in [-0.1, -0.05) is 0 Å². The average Bonchev–Trinajstić information content (AvgIpc) is 2.18. The summed E-state index contributed by atoms with van der Waals surface area (Å²) in [7, 11) is 4.19. The van der Waals surface area contributed by atoms with Crippen molar-refractivity contribution in [2.45, 2.75) is 6.42 Å². The van der Waals surface area contributed by atoms with E-state index >= 15 is 0 Å². The fourth-order valence-electron chi connectivity index (χ4n) is 1.67. The molecule has 4 heteroatoms. The third-order valence-electron chi connectivity index (χ3n) is 2.58. The van der Waals surface area contributed by atoms with Crippen LogP contribution in [0.4, 0.5) is 0 Å². The molecule has 1 aliphatic heterocycles. The summed E-state index contributed by atoms with van der Waals surface area (Å²) in [5.41, 5.74) is 0. The number of rotatable bonds is 5. The maximum Gasteiger partial charge on any atom is 0.312 e. The molecule has 0 N–H and O–H groups in total. The van der Waals surface area contributed by atoms with Gasteiger partial charge in [-0.05, 0) is 33.6 Å². The number of hydrogen-bond acceptors (Lipinski definition) is 3. The van der Waals surface area contributed by atoms with E-state index in [2.05, 4.69) is 23.9 Å². The molecule has 0 saturated carbocycles. The van der Waals surface area contributed by atoms with Crippen LogP contribution in [0.3, 0.4) is 0 Å². The molecular formula is C10H20N3O. The van der Waals surface area contributed by atoms with Crippen molar-refractivity contribution in [3.05, 3.63) is 0 Å². The highest BCUT2D eigenvalue weighted by atomic mass is 16.1. The smallest absolute Gasteiger partial charge is 0.312 e. The first-order valence-electron chi connectivity index (χ1n) is 5.22. The molecule has 0 aromatic rings. The SMILES string of the molecule is CN(C)CCCN1CCN([C]=O)CC1. The summed E-state index contributed by atoms with van der Waals surface area (Å²) in [4.78, 5) is 16.7. The van der Waals surface area contributed by atoms with Gasteiger partial charge >= 0.3 is 6.41 Å². The van der Waals surface area contributed by atoms with Gasteiger partial charge in [0, 0.05) is 26.2 Å². The van der Waals surface area contributed by atoms with Gasteiger partial charge in [-0.25, -0.2) is 0 Å². The Bertz CT molecular complexity index is 165. The molecule has 1 fully saturated rings. The zero-order valence-electron chi connectivity index (χ0n) is 9.20. The Kier molecular flexibility index (Phi) is 4.90. The Balaban J connectivity index is 2.07. The highest BCUT2D eigenvalue weighted by Crippen LogP contribution is 2.00. The van der Waals surface area contributed by atoms with Gasteiger partial charge in [0.1, 0.15) is 0 Å². The molecule has 1 radical (unpaired) electrons. The van der Waals surface area contributed by atoms with E-state index in [1.165, 1.54) is 6.42 Å². The molecule has 1 heterocycles. The average molecular weight is 198 g/mol. The van der Waals surface area contributed by atoms with E-state index in [1.807, 2.05) is 6.41 Å². The summed E-state index contributed by atoms with van der Waals surface area (Å²) in [5, 5.41) is 0. The van der Waals surface area contributed by atoms with Crippen LogP contribution < -0.4 is 0 Å². The fraction of sp³-hybridized carbons (Fsp3) is 0.900. The number of hydrogen-bond donors (Lipinski definition) is 0. The number of amides is 1. The molecule has 0 bridgehead atoms. The van der Waals surface area contributed by atoms with Gasteiger partial charge in [0.15, 0.2) is 0 Å². The molecule has 0 aromatic carbocycles. The molecule has 0 atom stereocenters. The lowest BCUT2D eigenvalue weighted by atomic mass is 10.3. The molecular weight excluding hydrogens is 178 g/mol. The van der Waals surface area contributed by atoms with E-state index in [0.29, 0.717) is 0 Å². The first kappa shape index (κ1) is 11.5. The largest absolute Gasteiger partial charge is 0.332 e. The zero-order chi connectivity index (χ0) is 10.4. The highest BCUT2D eigenvalue weighted by Gasteiger charge is 2.14. The molecule has 0 unspecified atom stereocenters. The Morgan fingerprint density at radius 1 is 1.21 bits per heavy atom. The molecule has 81 valence electrons. The highest BCUT2D eigenvalue weighted by molar-refractivity contribution is 5.48. The maximum absolute atomic E-state index is 10.3. The Morgan fingerprint density at radius 2 is 1.86 bits per heavy atom. The van der Waals surface area contributed by atoms with Crippen LogP contribution >= 0.6 is 0 Å². The van der Waals surface area contributed by atoms with E-state index < -0.39 is 0 Å². The van der Waals surface area contributed by atoms with Gasteiger partial charge in [-0.3, -0.25) is 9.69 Å². The van der Waals surface area contributed by atoms with Crippen LogP contribution in [-0.2, 0) is 4.79 Å². The monoisotopic (exact) mass is 198 g/mol. The molecule has 0 spiro atoms. The minimum absolute atomic E-state index is 0.839. The minimum atomic E-state index is 0.839. The van der Waals surface area contributed by atoms with Crippen LogP contribution in [0.5, 0.6) is 0 Å². The molecule has 1 saturated heterocycles. The summed E-state index contributed by atoms with van der Waals surface area (Å²) in [5.74, 6) is 0. The van der Waals surface area contributed by atoms with Gasteiger partial charge in [-0.15, -0.1) is 0 Å². The molecule has 1 rings (SSSR count). The summed E-state index contributed by atoms with van der Waals surface area (Å²) in [6.45, 7) is 5.97. The summed E-state index contributed by atoms with van der Waals surface area (Å²) >= 11 is 0. The lowest BCUT2D eigenvalue weighted by molar-refractivity contribution is 0.172. The predicted molar refractivity (Wildman–Crippen MR) is 56.9 cm³/mol. The van der Waals surface area contributed by atoms with Crippen molar-refractivity contribution >= 4 is 6.41 Å². The van der Waals surface area contributed by atoms with Crippen molar-refractivity contribution in [1.82, 2.24) is 14.7 Å². The van der Waals surface area contributed by atoms with Crippen LogP contribution in [0.25, 0.3) is 0 Å². The quantitative estimate of drug-likeness (QED) is 0.603. The van der Waals surface area contributed by atoms with E-state index in [4.69, 9.17) is 0 Å². The van der Waals surface area contributed by atoms with Crippen LogP contribution in [0.2, 0.25) is 0 Å². The summed E-state index contributed by atoms with van der Waals surface area (Å²) in [6.07, 6.45) is 3.15. The third-order valence-corrected chi connectivity index (χ3v) is 2.58. The van der Waals surface area contributed by atoms with Crippen molar-refractivity contribution in [2.24, 2.45) is 0 Å². The second-order valence-corrected chi connectivity index (χ2v) is 4.08. The van der Waals surface area contributed by atoms with Crippen LogP contribution in [0.15, 0.2) is 0 Å². The second kappa shape index (κ2) is 5.98. The summed E-state index contributed by atoms with van der Waals surface area (Å²) in [6, 6.07) is 0. The standard InChI is InChI=1S/C10H20N3O/c1-11(2)4-3-5-12-6-8-13(10-14)9-7-12/h3-9H2,1-2H3. The normalized spacial score (nSPS) is 18.9. The van der Waals surface area contributed by atoms with Crippen molar-refractivity contribution in [1.29, 1.82) is 0 Å². The van der Waals surface area contributed by atoms with Crippen molar-refractivity contribution < 1.29 is 4.79 Å². The molecule has 0 aromatic heterocycles. The van der Waals surface area contributed by atoms with Crippen molar-refractivity contribution in [3.8, 4) is 0 Å². The van der Waals surface area contributed by atoms with Crippen LogP contribution in [-0.4, -0.2) is 74.5 Å². The van der Waals surface area contributed by atoms with E-state index in [1.54, 1.807) is 4.90 Å². The van der Waals surface area contributed by atoms with E-state index in [-0.39, 0.29) is 0 Å². The van der Waals surface area contributed by atoms with Gasteiger partial charge < -0.3 is 9.80 Å². The van der Waals surface area contributed by atoms with E-state index in [9.17, 15) is 4.79 Å². The number of piperazine rings is 1. The zero-order valence-corrected chi connectivity index (χ0v) is 9.20. The van der Waals surface area contributed by atoms with Gasteiger partial charge in [0.25, 0.3) is 0 Å². The van der Waals surface area contributed by atoms with Crippen LogP contribution in [0, 0.1) is 0 Å². The molecule has 4 nitrogen and oxygen atoms in total. The van der Waals surface area contributed by atoms with E-state index in [0.717, 1.165) is 39.3 Å². The lowest BCUT2D eigenvalue weighted by Gasteiger charge is -2.32. The lowest BCUT2D eigenvalue weighted by Crippen LogP contribution is -2.46. The summed E-state index contributed by atoms with van der Waals surface area (Å²) < 4.78 is 0. The first-order chi connectivity index (χ1) is 6.72. The second-order valence-electron chi connectivity index (χ2n) is 4.08. The molecule has 0 aliphatic carbocycles. The number of nitrogens with zero attached hydrogens (tertiary/aromatic N) is 3. The minimum Gasteiger partial charge on any atom is -0.332 e. The Hall–Kier alpha value is -0.610. The maximum atomic E-state index is 10.3.